The van der Waals surface area contributed by atoms with Gasteiger partial charge in [0.25, 0.3) is 0 Å². The maximum Gasteiger partial charge on any atom is 0.338 e. The summed E-state index contributed by atoms with van der Waals surface area (Å²) >= 11 is 0. The van der Waals surface area contributed by atoms with Crippen molar-refractivity contribution in [1.82, 2.24) is 0 Å². The summed E-state index contributed by atoms with van der Waals surface area (Å²) in [5.41, 5.74) is 1.04. The van der Waals surface area contributed by atoms with E-state index in [1.165, 1.54) is 6.92 Å². The van der Waals surface area contributed by atoms with Crippen molar-refractivity contribution in [2.24, 2.45) is 11.3 Å². The summed E-state index contributed by atoms with van der Waals surface area (Å²) in [6, 6.07) is 0. The fraction of sp³-hybridized carbons (Fsp3) is 0.647. The summed E-state index contributed by atoms with van der Waals surface area (Å²) < 4.78 is 10.4. The second kappa shape index (κ2) is 5.46. The molecule has 5 atom stereocenters. The molecular weight excluding hydrogens is 300 g/mol. The van der Waals surface area contributed by atoms with Gasteiger partial charge in [0.1, 0.15) is 12.7 Å². The molecule has 0 amide bonds. The van der Waals surface area contributed by atoms with Gasteiger partial charge in [0.15, 0.2) is 0 Å². The first-order valence-electron chi connectivity index (χ1n) is 7.86. The Morgan fingerprint density at radius 3 is 2.83 bits per heavy atom. The van der Waals surface area contributed by atoms with Gasteiger partial charge in [0.05, 0.1) is 17.8 Å². The number of hydrogen-bond acceptors (Lipinski definition) is 6. The van der Waals surface area contributed by atoms with E-state index in [1.807, 2.05) is 6.92 Å². The lowest BCUT2D eigenvalue weighted by Gasteiger charge is -2.53. The highest BCUT2D eigenvalue weighted by Crippen LogP contribution is 2.56. The molecule has 2 saturated carbocycles. The smallest absolute Gasteiger partial charge is 0.338 e. The highest BCUT2D eigenvalue weighted by molar-refractivity contribution is 5.93. The van der Waals surface area contributed by atoms with Crippen LogP contribution in [0, 0.1) is 11.3 Å². The van der Waals surface area contributed by atoms with E-state index in [9.17, 15) is 19.8 Å². The molecule has 0 radical (unpaired) electrons. The number of rotatable bonds is 2. The molecule has 0 aromatic carbocycles. The third kappa shape index (κ3) is 2.40. The van der Waals surface area contributed by atoms with Gasteiger partial charge >= 0.3 is 11.9 Å². The average molecular weight is 322 g/mol. The van der Waals surface area contributed by atoms with Crippen LogP contribution in [0.1, 0.15) is 33.1 Å². The molecule has 0 unspecified atom stereocenters. The average Bonchev–Trinajstić information content (AvgIpc) is 2.77. The molecule has 126 valence electrons. The molecule has 0 aromatic heterocycles. The third-order valence-electron chi connectivity index (χ3n) is 5.50. The van der Waals surface area contributed by atoms with Crippen molar-refractivity contribution < 1.29 is 29.3 Å². The van der Waals surface area contributed by atoms with Crippen LogP contribution >= 0.6 is 0 Å². The van der Waals surface area contributed by atoms with Crippen LogP contribution in [0.5, 0.6) is 0 Å². The summed E-state index contributed by atoms with van der Waals surface area (Å²) in [6.07, 6.45) is -0.533. The molecule has 2 fully saturated rings. The van der Waals surface area contributed by atoms with E-state index < -0.39 is 35.7 Å². The maximum absolute atomic E-state index is 12.2. The molecule has 1 heterocycles. The lowest BCUT2D eigenvalue weighted by Crippen LogP contribution is -2.55. The van der Waals surface area contributed by atoms with Gasteiger partial charge in [-0.3, -0.25) is 4.79 Å². The first-order valence-corrected chi connectivity index (χ1v) is 7.86. The number of carbonyl (C=O) groups excluding carboxylic acids is 2. The van der Waals surface area contributed by atoms with Gasteiger partial charge in [-0.25, -0.2) is 4.79 Å². The molecule has 1 aliphatic heterocycles. The van der Waals surface area contributed by atoms with Crippen molar-refractivity contribution in [1.29, 1.82) is 0 Å². The standard InChI is InChI=1S/C17H22O6/c1-8-4-5-12(20)17(3)6-11(19)13-10(7-22-9(2)18)16(21)23-15(13)14(8)17/h11-12,14-15,19-20H,1,4-7H2,2-3H3/t11-,12+,14+,15-,17-/m0/s1. The predicted molar refractivity (Wildman–Crippen MR) is 80.1 cm³/mol. The molecule has 3 rings (SSSR count). The molecule has 6 nitrogen and oxygen atoms in total. The Bertz CT molecular complexity index is 606. The number of ether oxygens (including phenoxy) is 2. The fourth-order valence-corrected chi connectivity index (χ4v) is 4.32. The Morgan fingerprint density at radius 2 is 2.17 bits per heavy atom. The van der Waals surface area contributed by atoms with Crippen LogP contribution in [0.15, 0.2) is 23.3 Å². The van der Waals surface area contributed by atoms with E-state index in [1.54, 1.807) is 0 Å². The molecular formula is C17H22O6. The zero-order chi connectivity index (χ0) is 16.9. The van der Waals surface area contributed by atoms with Crippen LogP contribution < -0.4 is 0 Å². The Kier molecular flexibility index (Phi) is 3.84. The SMILES string of the molecule is C=C1CC[C@@H](O)[C@]2(C)C[C@H](O)C3=C(COC(C)=O)C(=O)O[C@@H]3[C@@H]12. The normalized spacial score (nSPS) is 39.7. The highest BCUT2D eigenvalue weighted by Gasteiger charge is 2.58. The third-order valence-corrected chi connectivity index (χ3v) is 5.50. The van der Waals surface area contributed by atoms with Gasteiger partial charge < -0.3 is 19.7 Å². The van der Waals surface area contributed by atoms with E-state index in [0.29, 0.717) is 24.8 Å². The second-order valence-electron chi connectivity index (χ2n) is 6.96. The Morgan fingerprint density at radius 1 is 1.48 bits per heavy atom. The summed E-state index contributed by atoms with van der Waals surface area (Å²) in [4.78, 5) is 23.2. The zero-order valence-electron chi connectivity index (χ0n) is 13.4. The van der Waals surface area contributed by atoms with Gasteiger partial charge in [-0.15, -0.1) is 0 Å². The second-order valence-corrected chi connectivity index (χ2v) is 6.96. The van der Waals surface area contributed by atoms with Crippen LogP contribution in [0.3, 0.4) is 0 Å². The highest BCUT2D eigenvalue weighted by atomic mass is 16.6. The monoisotopic (exact) mass is 322 g/mol. The minimum absolute atomic E-state index is 0.199. The Labute approximate surface area is 134 Å². The number of aliphatic hydroxyl groups excluding tert-OH is 2. The van der Waals surface area contributed by atoms with E-state index in [-0.39, 0.29) is 18.1 Å². The maximum atomic E-state index is 12.2. The van der Waals surface area contributed by atoms with Gasteiger partial charge in [-0.05, 0) is 19.3 Å². The van der Waals surface area contributed by atoms with Crippen LogP contribution in [0.4, 0.5) is 0 Å². The van der Waals surface area contributed by atoms with Crippen LogP contribution in [-0.4, -0.2) is 47.1 Å². The van der Waals surface area contributed by atoms with E-state index in [4.69, 9.17) is 9.47 Å². The number of esters is 2. The molecule has 3 aliphatic rings. The van der Waals surface area contributed by atoms with Crippen molar-refractivity contribution >= 4 is 11.9 Å². The van der Waals surface area contributed by atoms with Crippen molar-refractivity contribution in [2.45, 2.75) is 51.4 Å². The van der Waals surface area contributed by atoms with E-state index in [2.05, 4.69) is 6.58 Å². The Hall–Kier alpha value is -1.66. The number of fused-ring (bicyclic) bond motifs is 3. The molecule has 2 N–H and O–H groups in total. The lowest BCUT2D eigenvalue weighted by atomic mass is 9.55. The summed E-state index contributed by atoms with van der Waals surface area (Å²) in [5.74, 6) is -1.30. The van der Waals surface area contributed by atoms with Gasteiger partial charge in [0.2, 0.25) is 0 Å². The summed E-state index contributed by atoms with van der Waals surface area (Å²) in [5, 5.41) is 21.0. The van der Waals surface area contributed by atoms with Gasteiger partial charge in [-0.2, -0.15) is 0 Å². The van der Waals surface area contributed by atoms with Crippen LogP contribution in [-0.2, 0) is 19.1 Å². The van der Waals surface area contributed by atoms with Crippen molar-refractivity contribution in [3.8, 4) is 0 Å². The van der Waals surface area contributed by atoms with Crippen molar-refractivity contribution in [3.05, 3.63) is 23.3 Å². The zero-order valence-corrected chi connectivity index (χ0v) is 13.4. The van der Waals surface area contributed by atoms with Gasteiger partial charge in [0, 0.05) is 23.8 Å². The Balaban J connectivity index is 2.00. The molecule has 0 aromatic rings. The van der Waals surface area contributed by atoms with Crippen LogP contribution in [0.25, 0.3) is 0 Å². The quantitative estimate of drug-likeness (QED) is 0.579. The molecule has 0 bridgehead atoms. The number of carbonyl (C=O) groups is 2. The lowest BCUT2D eigenvalue weighted by molar-refractivity contribution is -0.151. The van der Waals surface area contributed by atoms with Crippen molar-refractivity contribution in [2.75, 3.05) is 6.61 Å². The number of aliphatic hydroxyl groups is 2. The van der Waals surface area contributed by atoms with Gasteiger partial charge in [-0.1, -0.05) is 19.1 Å². The largest absolute Gasteiger partial charge is 0.461 e. The minimum atomic E-state index is -0.904. The predicted octanol–water partition coefficient (Wildman–Crippen LogP) is 0.869. The van der Waals surface area contributed by atoms with E-state index in [0.717, 1.165) is 5.57 Å². The van der Waals surface area contributed by atoms with Crippen LogP contribution in [0.2, 0.25) is 0 Å². The molecule has 6 heteroatoms. The minimum Gasteiger partial charge on any atom is -0.461 e. The molecule has 23 heavy (non-hydrogen) atoms. The first-order chi connectivity index (χ1) is 10.8. The molecule has 0 saturated heterocycles. The van der Waals surface area contributed by atoms with E-state index >= 15 is 0 Å². The fourth-order valence-electron chi connectivity index (χ4n) is 4.32. The first kappa shape index (κ1) is 16.2. The molecule has 0 spiro atoms. The summed E-state index contributed by atoms with van der Waals surface area (Å²) in [6.45, 7) is 7.06. The summed E-state index contributed by atoms with van der Waals surface area (Å²) in [7, 11) is 0. The topological polar surface area (TPSA) is 93.1 Å². The number of hydrogen-bond donors (Lipinski definition) is 2. The van der Waals surface area contributed by atoms with Crippen molar-refractivity contribution in [3.63, 3.8) is 0 Å². The molecule has 2 aliphatic carbocycles.